The molecule has 2 aromatic rings. The maximum atomic E-state index is 12.2. The van der Waals surface area contributed by atoms with E-state index in [1.165, 1.54) is 0 Å². The Balaban J connectivity index is 1.89. The zero-order valence-corrected chi connectivity index (χ0v) is 9.44. The number of carbonyl (C=O) groups is 1. The van der Waals surface area contributed by atoms with Crippen LogP contribution in [0.25, 0.3) is 10.9 Å². The third-order valence-electron chi connectivity index (χ3n) is 3.07. The summed E-state index contributed by atoms with van der Waals surface area (Å²) < 4.78 is 0. The number of nitrogens with zero attached hydrogens (tertiary/aromatic N) is 1. The van der Waals surface area contributed by atoms with Crippen molar-refractivity contribution < 1.29 is 4.79 Å². The van der Waals surface area contributed by atoms with Crippen LogP contribution in [0, 0.1) is 0 Å². The van der Waals surface area contributed by atoms with Crippen LogP contribution >= 0.6 is 0 Å². The Morgan fingerprint density at radius 1 is 1.35 bits per heavy atom. The molecule has 2 N–H and O–H groups in total. The number of benzene rings is 1. The van der Waals surface area contributed by atoms with Crippen LogP contribution < -0.4 is 10.6 Å². The van der Waals surface area contributed by atoms with Gasteiger partial charge in [0.25, 0.3) is 0 Å². The van der Waals surface area contributed by atoms with Gasteiger partial charge in [-0.15, -0.1) is 0 Å². The van der Waals surface area contributed by atoms with E-state index < -0.39 is 0 Å². The van der Waals surface area contributed by atoms with Gasteiger partial charge in [-0.2, -0.15) is 0 Å². The molecular formula is C13H14N3O. The Kier molecular flexibility index (Phi) is 2.66. The molecule has 4 heteroatoms. The fourth-order valence-corrected chi connectivity index (χ4v) is 2.16. The molecule has 1 unspecified atom stereocenters. The lowest BCUT2D eigenvalue weighted by atomic mass is 10.1. The predicted octanol–water partition coefficient (Wildman–Crippen LogP) is 0.927. The lowest BCUT2D eigenvalue weighted by molar-refractivity contribution is 0.0928. The predicted molar refractivity (Wildman–Crippen MR) is 66.3 cm³/mol. The van der Waals surface area contributed by atoms with Crippen LogP contribution in [-0.2, 0) is 0 Å². The molecule has 17 heavy (non-hydrogen) atoms. The number of carbonyl (C=O) groups excluding carboxylic acids is 1. The van der Waals surface area contributed by atoms with Crippen LogP contribution in [0.5, 0.6) is 0 Å². The van der Waals surface area contributed by atoms with Crippen molar-refractivity contribution in [3.05, 3.63) is 36.0 Å². The number of H-pyrrole nitrogens is 1. The molecule has 1 saturated heterocycles. The maximum Gasteiger partial charge on any atom is 0.198 e. The summed E-state index contributed by atoms with van der Waals surface area (Å²) in [4.78, 5) is 15.4. The van der Waals surface area contributed by atoms with E-state index in [2.05, 4.69) is 15.6 Å². The molecule has 0 spiro atoms. The molecule has 0 saturated carbocycles. The lowest BCUT2D eigenvalue weighted by Gasteiger charge is -2.20. The van der Waals surface area contributed by atoms with Gasteiger partial charge in [-0.25, -0.2) is 5.32 Å². The molecule has 1 radical (unpaired) electrons. The van der Waals surface area contributed by atoms with Gasteiger partial charge in [0, 0.05) is 30.5 Å². The molecule has 87 valence electrons. The van der Waals surface area contributed by atoms with E-state index in [1.54, 1.807) is 0 Å². The average molecular weight is 228 g/mol. The number of piperazine rings is 1. The Morgan fingerprint density at radius 3 is 3.00 bits per heavy atom. The summed E-state index contributed by atoms with van der Waals surface area (Å²) in [6, 6.07) is 9.57. The number of aromatic amines is 1. The topological polar surface area (TPSA) is 59.0 Å². The highest BCUT2D eigenvalue weighted by molar-refractivity contribution is 6.02. The van der Waals surface area contributed by atoms with E-state index >= 15 is 0 Å². The Labute approximate surface area is 99.4 Å². The molecule has 0 aliphatic carbocycles. The van der Waals surface area contributed by atoms with Gasteiger partial charge in [0.15, 0.2) is 5.78 Å². The fourth-order valence-electron chi connectivity index (χ4n) is 2.16. The molecule has 3 rings (SSSR count). The van der Waals surface area contributed by atoms with Crippen molar-refractivity contribution in [2.75, 3.05) is 19.6 Å². The third kappa shape index (κ3) is 1.97. The average Bonchev–Trinajstić information content (AvgIpc) is 2.82. The van der Waals surface area contributed by atoms with Crippen molar-refractivity contribution in [2.45, 2.75) is 6.04 Å². The molecule has 1 fully saturated rings. The number of hydrogen-bond acceptors (Lipinski definition) is 2. The second-order valence-electron chi connectivity index (χ2n) is 4.26. The highest BCUT2D eigenvalue weighted by atomic mass is 16.1. The van der Waals surface area contributed by atoms with Crippen molar-refractivity contribution in [2.24, 2.45) is 0 Å². The largest absolute Gasteiger partial charge is 0.352 e. The quantitative estimate of drug-likeness (QED) is 0.751. The molecule has 0 bridgehead atoms. The van der Waals surface area contributed by atoms with Crippen LogP contribution in [-0.4, -0.2) is 36.4 Å². The third-order valence-corrected chi connectivity index (χ3v) is 3.07. The van der Waals surface area contributed by atoms with E-state index in [4.69, 9.17) is 0 Å². The molecule has 1 atom stereocenters. The van der Waals surface area contributed by atoms with Gasteiger partial charge < -0.3 is 10.3 Å². The molecule has 2 heterocycles. The zero-order chi connectivity index (χ0) is 11.7. The van der Waals surface area contributed by atoms with Crippen LogP contribution in [0.15, 0.2) is 30.3 Å². The van der Waals surface area contributed by atoms with Crippen molar-refractivity contribution in [1.29, 1.82) is 0 Å². The van der Waals surface area contributed by atoms with Crippen molar-refractivity contribution >= 4 is 16.7 Å². The number of nitrogens with one attached hydrogen (secondary N) is 2. The number of aromatic nitrogens is 1. The van der Waals surface area contributed by atoms with Gasteiger partial charge in [0.1, 0.15) is 6.04 Å². The Hall–Kier alpha value is -1.65. The summed E-state index contributed by atoms with van der Waals surface area (Å²) in [5.41, 5.74) is 1.66. The molecular weight excluding hydrogens is 214 g/mol. The minimum Gasteiger partial charge on any atom is -0.352 e. The van der Waals surface area contributed by atoms with Gasteiger partial charge in [0.05, 0.1) is 5.69 Å². The minimum absolute atomic E-state index is 0.0772. The fraction of sp³-hybridized carbons (Fsp3) is 0.308. The molecule has 1 aromatic carbocycles. The molecule has 1 aliphatic rings. The van der Waals surface area contributed by atoms with Crippen molar-refractivity contribution in [1.82, 2.24) is 15.6 Å². The maximum absolute atomic E-state index is 12.2. The first-order valence-corrected chi connectivity index (χ1v) is 5.84. The number of hydrogen-bond donors (Lipinski definition) is 2. The number of rotatable bonds is 2. The van der Waals surface area contributed by atoms with Crippen LogP contribution in [0.3, 0.4) is 0 Å². The van der Waals surface area contributed by atoms with Crippen LogP contribution in [0.2, 0.25) is 0 Å². The monoisotopic (exact) mass is 228 g/mol. The number of fused-ring (bicyclic) bond motifs is 1. The van der Waals surface area contributed by atoms with Gasteiger partial charge in [0.2, 0.25) is 0 Å². The van der Waals surface area contributed by atoms with Crippen molar-refractivity contribution in [3.8, 4) is 0 Å². The molecule has 4 nitrogen and oxygen atoms in total. The van der Waals surface area contributed by atoms with E-state index in [1.807, 2.05) is 30.3 Å². The smallest absolute Gasteiger partial charge is 0.198 e. The Morgan fingerprint density at radius 2 is 2.24 bits per heavy atom. The van der Waals surface area contributed by atoms with Gasteiger partial charge in [-0.3, -0.25) is 4.79 Å². The van der Waals surface area contributed by atoms with E-state index in [0.717, 1.165) is 24.0 Å². The SMILES string of the molecule is O=C(c1cc2ccccc2[nH]1)C1CNCC[N]1. The first-order chi connectivity index (χ1) is 8.34. The first kappa shape index (κ1) is 10.5. The zero-order valence-electron chi connectivity index (χ0n) is 9.44. The summed E-state index contributed by atoms with van der Waals surface area (Å²) in [7, 11) is 0. The van der Waals surface area contributed by atoms with E-state index in [9.17, 15) is 4.79 Å². The van der Waals surface area contributed by atoms with Gasteiger partial charge >= 0.3 is 0 Å². The summed E-state index contributed by atoms with van der Waals surface area (Å²) in [5, 5.41) is 8.60. The normalized spacial score (nSPS) is 20.6. The highest BCUT2D eigenvalue weighted by Gasteiger charge is 2.23. The number of para-hydroxylation sites is 1. The van der Waals surface area contributed by atoms with Gasteiger partial charge in [-0.1, -0.05) is 18.2 Å². The summed E-state index contributed by atoms with van der Waals surface area (Å²) in [6.07, 6.45) is 0. The lowest BCUT2D eigenvalue weighted by Crippen LogP contribution is -2.48. The number of Topliss-reactive ketones (excluding diaryl/α,β-unsaturated/α-hetero) is 1. The minimum atomic E-state index is -0.239. The molecule has 1 aromatic heterocycles. The molecule has 1 aliphatic heterocycles. The van der Waals surface area contributed by atoms with E-state index in [-0.39, 0.29) is 11.8 Å². The first-order valence-electron chi connectivity index (χ1n) is 5.84. The summed E-state index contributed by atoms with van der Waals surface area (Å²) >= 11 is 0. The summed E-state index contributed by atoms with van der Waals surface area (Å²) in [6.45, 7) is 2.24. The second-order valence-corrected chi connectivity index (χ2v) is 4.26. The second kappa shape index (κ2) is 4.31. The summed E-state index contributed by atoms with van der Waals surface area (Å²) in [5.74, 6) is 0.0772. The van der Waals surface area contributed by atoms with E-state index in [0.29, 0.717) is 12.2 Å². The standard InChI is InChI=1S/C13H14N3O/c17-13(12-8-14-5-6-15-12)11-7-9-3-1-2-4-10(9)16-11/h1-4,7,12,14,16H,5-6,8H2. The molecule has 0 amide bonds. The van der Waals surface area contributed by atoms with Crippen LogP contribution in [0.4, 0.5) is 0 Å². The van der Waals surface area contributed by atoms with Crippen LogP contribution in [0.1, 0.15) is 10.5 Å². The number of ketones is 1. The highest BCUT2D eigenvalue weighted by Crippen LogP contribution is 2.16. The Bertz CT molecular complexity index is 507. The van der Waals surface area contributed by atoms with Gasteiger partial charge in [-0.05, 0) is 12.1 Å². The van der Waals surface area contributed by atoms with Crippen molar-refractivity contribution in [3.63, 3.8) is 0 Å².